The van der Waals surface area contributed by atoms with Crippen molar-refractivity contribution < 1.29 is 9.63 Å². The van der Waals surface area contributed by atoms with Crippen molar-refractivity contribution in [3.63, 3.8) is 0 Å². The zero-order valence-corrected chi connectivity index (χ0v) is 16.9. The lowest BCUT2D eigenvalue weighted by molar-refractivity contribution is -0.180. The van der Waals surface area contributed by atoms with Crippen LogP contribution in [0.1, 0.15) is 43.0 Å². The predicted octanol–water partition coefficient (Wildman–Crippen LogP) is 3.72. The third-order valence-corrected chi connectivity index (χ3v) is 5.36. The van der Waals surface area contributed by atoms with E-state index in [1.165, 1.54) is 5.06 Å². The normalized spacial score (nSPS) is 13.6. The lowest BCUT2D eigenvalue weighted by Gasteiger charge is -2.21. The van der Waals surface area contributed by atoms with Crippen LogP contribution in [0.15, 0.2) is 16.6 Å². The smallest absolute Gasteiger partial charge is 0.273 e. The molecule has 0 fully saturated rings. The average Bonchev–Trinajstić information content (AvgIpc) is 3.11. The molecule has 0 atom stereocenters. The van der Waals surface area contributed by atoms with Crippen molar-refractivity contribution >= 4 is 34.8 Å². The van der Waals surface area contributed by atoms with Crippen LogP contribution in [-0.2, 0) is 9.63 Å². The second-order valence-electron chi connectivity index (χ2n) is 6.44. The number of hydrogen-bond acceptors (Lipinski definition) is 6. The summed E-state index contributed by atoms with van der Waals surface area (Å²) < 4.78 is 0. The van der Waals surface area contributed by atoms with Crippen molar-refractivity contribution in [1.82, 2.24) is 15.3 Å². The summed E-state index contributed by atoms with van der Waals surface area (Å²) in [6.45, 7) is 8.82. The maximum absolute atomic E-state index is 12.9. The number of amides is 1. The van der Waals surface area contributed by atoms with Crippen LogP contribution >= 0.6 is 11.3 Å². The third-order valence-electron chi connectivity index (χ3n) is 4.27. The van der Waals surface area contributed by atoms with Crippen molar-refractivity contribution in [2.45, 2.75) is 40.5 Å². The maximum atomic E-state index is 12.9. The molecule has 2 aromatic heterocycles. The number of thiophene rings is 1. The number of carbonyl (C=O) groups excluding carboxylic acids is 1. The SMILES string of the molecule is CCCN(OCC)C(=O)C1=Cc2sc(-c3c(C)n[nH]c3C)cc2N=C(N)C1. The minimum Gasteiger partial charge on any atom is -0.387 e. The van der Waals surface area contributed by atoms with Crippen LogP contribution in [0, 0.1) is 13.8 Å². The van der Waals surface area contributed by atoms with Gasteiger partial charge in [-0.3, -0.25) is 14.7 Å². The van der Waals surface area contributed by atoms with Gasteiger partial charge in [0.05, 0.1) is 22.9 Å². The molecule has 1 amide bonds. The highest BCUT2D eigenvalue weighted by Crippen LogP contribution is 2.41. The van der Waals surface area contributed by atoms with Gasteiger partial charge in [0.15, 0.2) is 0 Å². The summed E-state index contributed by atoms with van der Waals surface area (Å²) in [5.41, 5.74) is 10.5. The number of hydrogen-bond donors (Lipinski definition) is 2. The summed E-state index contributed by atoms with van der Waals surface area (Å²) in [6.07, 6.45) is 3.02. The second kappa shape index (κ2) is 8.06. The Morgan fingerprint density at radius 1 is 1.41 bits per heavy atom. The van der Waals surface area contributed by atoms with E-state index in [9.17, 15) is 4.79 Å². The highest BCUT2D eigenvalue weighted by molar-refractivity contribution is 7.17. The van der Waals surface area contributed by atoms with E-state index in [2.05, 4.69) is 15.2 Å². The summed E-state index contributed by atoms with van der Waals surface area (Å²) >= 11 is 1.59. The fourth-order valence-electron chi connectivity index (χ4n) is 3.10. The monoisotopic (exact) mass is 387 g/mol. The van der Waals surface area contributed by atoms with Crippen LogP contribution in [0.5, 0.6) is 0 Å². The molecule has 0 bridgehead atoms. The number of aromatic amines is 1. The fraction of sp³-hybridized carbons (Fsp3) is 0.421. The van der Waals surface area contributed by atoms with Gasteiger partial charge < -0.3 is 5.73 Å². The number of rotatable bonds is 6. The molecule has 0 aliphatic carbocycles. The highest BCUT2D eigenvalue weighted by atomic mass is 32.1. The van der Waals surface area contributed by atoms with Crippen molar-refractivity contribution in [2.24, 2.45) is 10.7 Å². The third kappa shape index (κ3) is 3.96. The van der Waals surface area contributed by atoms with E-state index >= 15 is 0 Å². The lowest BCUT2D eigenvalue weighted by atomic mass is 10.1. The Labute approximate surface area is 162 Å². The number of aryl methyl sites for hydroxylation is 2. The molecule has 3 N–H and O–H groups in total. The first kappa shape index (κ1) is 19.3. The summed E-state index contributed by atoms with van der Waals surface area (Å²) in [7, 11) is 0. The van der Waals surface area contributed by atoms with Gasteiger partial charge in [-0.1, -0.05) is 6.92 Å². The summed E-state index contributed by atoms with van der Waals surface area (Å²) in [5.74, 6) is 0.265. The summed E-state index contributed by atoms with van der Waals surface area (Å²) in [4.78, 5) is 25.0. The Bertz CT molecular complexity index is 884. The number of fused-ring (bicyclic) bond motifs is 1. The first-order chi connectivity index (χ1) is 12.9. The van der Waals surface area contributed by atoms with Crippen LogP contribution in [-0.4, -0.2) is 40.2 Å². The van der Waals surface area contributed by atoms with Gasteiger partial charge >= 0.3 is 0 Å². The number of carbonyl (C=O) groups is 1. The Balaban J connectivity index is 2.00. The molecule has 0 spiro atoms. The fourth-order valence-corrected chi connectivity index (χ4v) is 4.32. The molecule has 0 aromatic carbocycles. The molecule has 0 radical (unpaired) electrons. The molecule has 0 saturated heterocycles. The molecular weight excluding hydrogens is 362 g/mol. The minimum absolute atomic E-state index is 0.157. The molecule has 8 heteroatoms. The van der Waals surface area contributed by atoms with Crippen LogP contribution in [0.4, 0.5) is 5.69 Å². The zero-order chi connectivity index (χ0) is 19.6. The topological polar surface area (TPSA) is 96.6 Å². The first-order valence-electron chi connectivity index (χ1n) is 9.08. The van der Waals surface area contributed by atoms with E-state index < -0.39 is 0 Å². The molecule has 1 aliphatic rings. The Hall–Kier alpha value is -2.45. The molecule has 0 saturated carbocycles. The number of aliphatic imine (C=N–C) groups is 1. The molecule has 7 nitrogen and oxygen atoms in total. The largest absolute Gasteiger partial charge is 0.387 e. The van der Waals surface area contributed by atoms with E-state index in [0.717, 1.165) is 38.8 Å². The maximum Gasteiger partial charge on any atom is 0.273 e. The van der Waals surface area contributed by atoms with E-state index in [1.807, 2.05) is 39.8 Å². The Morgan fingerprint density at radius 2 is 2.19 bits per heavy atom. The van der Waals surface area contributed by atoms with Gasteiger partial charge in [-0.2, -0.15) is 5.10 Å². The number of hydroxylamine groups is 2. The zero-order valence-electron chi connectivity index (χ0n) is 16.1. The number of nitrogens with one attached hydrogen (secondary N) is 1. The van der Waals surface area contributed by atoms with E-state index in [1.54, 1.807) is 11.3 Å². The standard InChI is InChI=1S/C19H25N5O2S/c1-5-7-24(26-6-2)19(25)13-8-15-14(21-17(20)9-13)10-16(27-15)18-11(3)22-23-12(18)4/h8,10H,5-7,9H2,1-4H3,(H2,20,21)(H,22,23). The van der Waals surface area contributed by atoms with Crippen LogP contribution in [0.2, 0.25) is 0 Å². The van der Waals surface area contributed by atoms with E-state index in [4.69, 9.17) is 10.6 Å². The molecule has 2 aromatic rings. The minimum atomic E-state index is -0.157. The van der Waals surface area contributed by atoms with Crippen molar-refractivity contribution in [2.75, 3.05) is 13.2 Å². The molecule has 3 heterocycles. The van der Waals surface area contributed by atoms with Crippen molar-refractivity contribution in [3.8, 4) is 10.4 Å². The van der Waals surface area contributed by atoms with Crippen LogP contribution < -0.4 is 5.73 Å². The van der Waals surface area contributed by atoms with Crippen molar-refractivity contribution in [3.05, 3.63) is 27.9 Å². The van der Waals surface area contributed by atoms with Gasteiger partial charge in [0.2, 0.25) is 0 Å². The molecule has 144 valence electrons. The highest BCUT2D eigenvalue weighted by Gasteiger charge is 2.23. The summed E-state index contributed by atoms with van der Waals surface area (Å²) in [5, 5.41) is 8.70. The van der Waals surface area contributed by atoms with E-state index in [0.29, 0.717) is 31.0 Å². The van der Waals surface area contributed by atoms with Gasteiger partial charge in [-0.05, 0) is 39.3 Å². The first-order valence-corrected chi connectivity index (χ1v) is 9.90. The number of aromatic nitrogens is 2. The van der Waals surface area contributed by atoms with Gasteiger partial charge in [0, 0.05) is 34.7 Å². The van der Waals surface area contributed by atoms with Gasteiger partial charge in [0.1, 0.15) is 5.84 Å². The van der Waals surface area contributed by atoms with Crippen LogP contribution in [0.25, 0.3) is 16.5 Å². The molecule has 0 unspecified atom stereocenters. The Morgan fingerprint density at radius 3 is 2.81 bits per heavy atom. The molecule has 1 aliphatic heterocycles. The number of H-pyrrole nitrogens is 1. The van der Waals surface area contributed by atoms with Crippen LogP contribution in [0.3, 0.4) is 0 Å². The number of amidine groups is 1. The van der Waals surface area contributed by atoms with Crippen molar-refractivity contribution in [1.29, 1.82) is 0 Å². The predicted molar refractivity (Wildman–Crippen MR) is 109 cm³/mol. The second-order valence-corrected chi connectivity index (χ2v) is 7.53. The number of nitrogens with two attached hydrogens (primary N) is 1. The molecular formula is C19H25N5O2S. The average molecular weight is 388 g/mol. The van der Waals surface area contributed by atoms with Gasteiger partial charge in [-0.25, -0.2) is 10.1 Å². The summed E-state index contributed by atoms with van der Waals surface area (Å²) in [6, 6.07) is 2.01. The van der Waals surface area contributed by atoms with E-state index in [-0.39, 0.29) is 5.91 Å². The number of nitrogens with zero attached hydrogens (tertiary/aromatic N) is 3. The molecule has 27 heavy (non-hydrogen) atoms. The molecule has 3 rings (SSSR count). The lowest BCUT2D eigenvalue weighted by Crippen LogP contribution is -2.34. The Kier molecular flexibility index (Phi) is 5.76. The van der Waals surface area contributed by atoms with Gasteiger partial charge in [-0.15, -0.1) is 11.3 Å². The quantitative estimate of drug-likeness (QED) is 0.738. The van der Waals surface area contributed by atoms with Gasteiger partial charge in [0.25, 0.3) is 5.91 Å².